The number of hydrogen-bond donors (Lipinski definition) is 0. The zero-order valence-corrected chi connectivity index (χ0v) is 12.7. The first kappa shape index (κ1) is 16.2. The second-order valence-electron chi connectivity index (χ2n) is 5.40. The van der Waals surface area contributed by atoms with E-state index >= 15 is 0 Å². The quantitative estimate of drug-likeness (QED) is 0.845. The standard InChI is InChI=1S/C16H15F3N4O/c17-16(18,19)13-5-2-1-4-12(13)15(24)23-10-8-22(9-11-23)14-6-3-7-20-21-14/h1-7H,8-11H2. The van der Waals surface area contributed by atoms with E-state index in [9.17, 15) is 18.0 Å². The number of aromatic nitrogens is 2. The van der Waals surface area contributed by atoms with Crippen LogP contribution >= 0.6 is 0 Å². The van der Waals surface area contributed by atoms with Gasteiger partial charge in [0.1, 0.15) is 0 Å². The Kier molecular flexibility index (Phi) is 4.37. The van der Waals surface area contributed by atoms with E-state index in [2.05, 4.69) is 10.2 Å². The maximum absolute atomic E-state index is 13.1. The summed E-state index contributed by atoms with van der Waals surface area (Å²) in [4.78, 5) is 15.9. The van der Waals surface area contributed by atoms with Gasteiger partial charge in [0.15, 0.2) is 5.82 Å². The minimum absolute atomic E-state index is 0.307. The molecule has 0 atom stereocenters. The summed E-state index contributed by atoms with van der Waals surface area (Å²) in [6.07, 6.45) is -2.98. The van der Waals surface area contributed by atoms with Crippen molar-refractivity contribution in [1.29, 1.82) is 0 Å². The molecule has 1 aromatic heterocycles. The maximum Gasteiger partial charge on any atom is 0.417 e. The molecule has 0 aliphatic carbocycles. The zero-order chi connectivity index (χ0) is 17.2. The highest BCUT2D eigenvalue weighted by atomic mass is 19.4. The van der Waals surface area contributed by atoms with Gasteiger partial charge in [-0.05, 0) is 24.3 Å². The lowest BCUT2D eigenvalue weighted by molar-refractivity contribution is -0.138. The van der Waals surface area contributed by atoms with Crippen LogP contribution < -0.4 is 4.90 Å². The Morgan fingerprint density at radius 2 is 1.71 bits per heavy atom. The third-order valence-electron chi connectivity index (χ3n) is 3.91. The lowest BCUT2D eigenvalue weighted by Gasteiger charge is -2.35. The van der Waals surface area contributed by atoms with Crippen LogP contribution in [0.1, 0.15) is 15.9 Å². The molecule has 1 amide bonds. The molecule has 0 saturated carbocycles. The van der Waals surface area contributed by atoms with Crippen LogP contribution in [0.4, 0.5) is 19.0 Å². The lowest BCUT2D eigenvalue weighted by atomic mass is 10.1. The molecule has 1 aliphatic heterocycles. The fourth-order valence-corrected chi connectivity index (χ4v) is 2.69. The highest BCUT2D eigenvalue weighted by Crippen LogP contribution is 2.32. The third kappa shape index (κ3) is 3.32. The molecule has 1 aromatic carbocycles. The average Bonchev–Trinajstić information content (AvgIpc) is 2.61. The maximum atomic E-state index is 13.1. The van der Waals surface area contributed by atoms with Crippen molar-refractivity contribution in [2.75, 3.05) is 31.1 Å². The number of alkyl halides is 3. The third-order valence-corrected chi connectivity index (χ3v) is 3.91. The molecule has 1 aliphatic rings. The molecule has 2 heterocycles. The molecular formula is C16H15F3N4O. The van der Waals surface area contributed by atoms with Gasteiger partial charge >= 0.3 is 6.18 Å². The van der Waals surface area contributed by atoms with Gasteiger partial charge in [-0.1, -0.05) is 12.1 Å². The molecule has 2 aromatic rings. The molecule has 126 valence electrons. The number of hydrogen-bond acceptors (Lipinski definition) is 4. The minimum Gasteiger partial charge on any atom is -0.352 e. The Bertz CT molecular complexity index is 713. The highest BCUT2D eigenvalue weighted by Gasteiger charge is 2.36. The van der Waals surface area contributed by atoms with Gasteiger partial charge in [-0.3, -0.25) is 4.79 Å². The van der Waals surface area contributed by atoms with E-state index in [1.165, 1.54) is 23.1 Å². The highest BCUT2D eigenvalue weighted by molar-refractivity contribution is 5.96. The van der Waals surface area contributed by atoms with E-state index in [1.54, 1.807) is 12.3 Å². The molecule has 0 unspecified atom stereocenters. The summed E-state index contributed by atoms with van der Waals surface area (Å²) in [5.74, 6) is 0.0991. The van der Waals surface area contributed by atoms with Crippen molar-refractivity contribution in [3.8, 4) is 0 Å². The SMILES string of the molecule is O=C(c1ccccc1C(F)(F)F)N1CCN(c2cccnn2)CC1. The monoisotopic (exact) mass is 336 g/mol. The van der Waals surface area contributed by atoms with Gasteiger partial charge in [-0.25, -0.2) is 0 Å². The fourth-order valence-electron chi connectivity index (χ4n) is 2.69. The predicted octanol–water partition coefficient (Wildman–Crippen LogP) is 2.46. The van der Waals surface area contributed by atoms with Crippen LogP contribution in [0.3, 0.4) is 0 Å². The van der Waals surface area contributed by atoms with E-state index < -0.39 is 17.6 Å². The van der Waals surface area contributed by atoms with Gasteiger partial charge in [0.25, 0.3) is 5.91 Å². The minimum atomic E-state index is -4.55. The Morgan fingerprint density at radius 3 is 2.33 bits per heavy atom. The van der Waals surface area contributed by atoms with Crippen molar-refractivity contribution in [2.45, 2.75) is 6.18 Å². The summed E-state index contributed by atoms with van der Waals surface area (Å²) in [6, 6.07) is 8.45. The fraction of sp³-hybridized carbons (Fsp3) is 0.312. The van der Waals surface area contributed by atoms with Crippen LogP contribution in [0.5, 0.6) is 0 Å². The number of carbonyl (C=O) groups is 1. The van der Waals surface area contributed by atoms with Crippen LogP contribution in [0.15, 0.2) is 42.6 Å². The zero-order valence-electron chi connectivity index (χ0n) is 12.7. The summed E-state index contributed by atoms with van der Waals surface area (Å²) in [5, 5.41) is 7.80. The molecule has 8 heteroatoms. The molecular weight excluding hydrogens is 321 g/mol. The van der Waals surface area contributed by atoms with Crippen LogP contribution in [-0.2, 0) is 6.18 Å². The summed E-state index contributed by atoms with van der Waals surface area (Å²) >= 11 is 0. The largest absolute Gasteiger partial charge is 0.417 e. The second-order valence-corrected chi connectivity index (χ2v) is 5.40. The molecule has 3 rings (SSSR count). The Balaban J connectivity index is 1.72. The molecule has 24 heavy (non-hydrogen) atoms. The number of nitrogens with zero attached hydrogens (tertiary/aromatic N) is 4. The molecule has 0 radical (unpaired) electrons. The summed E-state index contributed by atoms with van der Waals surface area (Å²) in [5.41, 5.74) is -1.20. The van der Waals surface area contributed by atoms with E-state index in [0.29, 0.717) is 32.0 Å². The predicted molar refractivity (Wildman–Crippen MR) is 81.6 cm³/mol. The summed E-state index contributed by atoms with van der Waals surface area (Å²) in [7, 11) is 0. The van der Waals surface area contributed by atoms with Crippen molar-refractivity contribution in [3.63, 3.8) is 0 Å². The van der Waals surface area contributed by atoms with E-state index in [1.807, 2.05) is 11.0 Å². The Morgan fingerprint density at radius 1 is 1.00 bits per heavy atom. The number of benzene rings is 1. The summed E-state index contributed by atoms with van der Waals surface area (Å²) < 4.78 is 39.2. The van der Waals surface area contributed by atoms with E-state index in [-0.39, 0.29) is 5.56 Å². The first-order chi connectivity index (χ1) is 11.5. The molecule has 0 bridgehead atoms. The van der Waals surface area contributed by atoms with Crippen LogP contribution in [-0.4, -0.2) is 47.2 Å². The Hall–Kier alpha value is -2.64. The van der Waals surface area contributed by atoms with E-state index in [4.69, 9.17) is 0 Å². The number of anilines is 1. The first-order valence-electron chi connectivity index (χ1n) is 7.45. The molecule has 0 spiro atoms. The molecule has 0 N–H and O–H groups in total. The molecule has 1 fully saturated rings. The van der Waals surface area contributed by atoms with Crippen molar-refractivity contribution in [2.24, 2.45) is 0 Å². The molecule has 1 saturated heterocycles. The second kappa shape index (κ2) is 6.46. The lowest BCUT2D eigenvalue weighted by Crippen LogP contribution is -2.49. The number of rotatable bonds is 2. The summed E-state index contributed by atoms with van der Waals surface area (Å²) in [6.45, 7) is 1.67. The van der Waals surface area contributed by atoms with Gasteiger partial charge in [-0.2, -0.15) is 18.3 Å². The number of carbonyl (C=O) groups excluding carboxylic acids is 1. The van der Waals surface area contributed by atoms with E-state index in [0.717, 1.165) is 6.07 Å². The van der Waals surface area contributed by atoms with Crippen LogP contribution in [0.25, 0.3) is 0 Å². The normalized spacial score (nSPS) is 15.5. The van der Waals surface area contributed by atoms with Gasteiger partial charge in [0, 0.05) is 32.4 Å². The van der Waals surface area contributed by atoms with Crippen molar-refractivity contribution in [1.82, 2.24) is 15.1 Å². The van der Waals surface area contributed by atoms with Gasteiger partial charge < -0.3 is 9.80 Å². The number of amides is 1. The number of halogens is 3. The van der Waals surface area contributed by atoms with Gasteiger partial charge in [0.2, 0.25) is 0 Å². The number of piperazine rings is 1. The van der Waals surface area contributed by atoms with Crippen molar-refractivity contribution < 1.29 is 18.0 Å². The topological polar surface area (TPSA) is 49.3 Å². The van der Waals surface area contributed by atoms with Crippen molar-refractivity contribution >= 4 is 11.7 Å². The van der Waals surface area contributed by atoms with Crippen LogP contribution in [0, 0.1) is 0 Å². The first-order valence-corrected chi connectivity index (χ1v) is 7.45. The Labute approximate surface area is 136 Å². The van der Waals surface area contributed by atoms with Crippen LogP contribution in [0.2, 0.25) is 0 Å². The van der Waals surface area contributed by atoms with Gasteiger partial charge in [0.05, 0.1) is 11.1 Å². The average molecular weight is 336 g/mol. The van der Waals surface area contributed by atoms with Crippen molar-refractivity contribution in [3.05, 3.63) is 53.7 Å². The van der Waals surface area contributed by atoms with Gasteiger partial charge in [-0.15, -0.1) is 5.10 Å². The smallest absolute Gasteiger partial charge is 0.352 e. The molecule has 5 nitrogen and oxygen atoms in total.